The molecule has 1 aliphatic heterocycles. The zero-order valence-corrected chi connectivity index (χ0v) is 8.83. The Kier molecular flexibility index (Phi) is 2.60. The Labute approximate surface area is 89.4 Å². The molecule has 1 aromatic carbocycles. The number of allylic oxidation sites excluding steroid dienone is 2. The number of rotatable bonds is 1. The highest BCUT2D eigenvalue weighted by molar-refractivity contribution is 6.18. The van der Waals surface area contributed by atoms with Gasteiger partial charge in [-0.25, -0.2) is 0 Å². The minimum absolute atomic E-state index is 0.767. The first kappa shape index (κ1) is 9.35. The summed E-state index contributed by atoms with van der Waals surface area (Å²) < 4.78 is 1.75. The second kappa shape index (κ2) is 3.89. The molecule has 0 saturated carbocycles. The molecule has 0 aromatic heterocycles. The van der Waals surface area contributed by atoms with Crippen molar-refractivity contribution >= 4 is 17.5 Å². The normalized spacial score (nSPS) is 16.3. The first-order valence-corrected chi connectivity index (χ1v) is 4.99. The van der Waals surface area contributed by atoms with Crippen molar-refractivity contribution < 1.29 is 0 Å². The van der Waals surface area contributed by atoms with E-state index in [1.165, 1.54) is 11.1 Å². The Morgan fingerprint density at radius 1 is 1.21 bits per heavy atom. The quantitative estimate of drug-likeness (QED) is 0.635. The van der Waals surface area contributed by atoms with E-state index < -0.39 is 0 Å². The van der Waals surface area contributed by atoms with Gasteiger partial charge in [0.05, 0.1) is 12.2 Å². The summed E-state index contributed by atoms with van der Waals surface area (Å²) in [6.45, 7) is 2.84. The summed E-state index contributed by atoms with van der Waals surface area (Å²) >= 11 is 6.14. The third kappa shape index (κ3) is 1.68. The number of halogens is 1. The van der Waals surface area contributed by atoms with E-state index in [1.807, 2.05) is 18.2 Å². The van der Waals surface area contributed by atoms with Crippen molar-refractivity contribution in [2.24, 2.45) is 0 Å². The average molecular weight is 206 g/mol. The highest BCUT2D eigenvalue weighted by Gasteiger charge is 2.13. The SMILES string of the molecule is CC1=C(c2ccccc2)N(Cl)CC=C1. The van der Waals surface area contributed by atoms with Crippen LogP contribution in [0.3, 0.4) is 0 Å². The average Bonchev–Trinajstić information content (AvgIpc) is 2.19. The Bertz CT molecular complexity index is 379. The summed E-state index contributed by atoms with van der Waals surface area (Å²) in [7, 11) is 0. The summed E-state index contributed by atoms with van der Waals surface area (Å²) in [4.78, 5) is 0. The van der Waals surface area contributed by atoms with E-state index >= 15 is 0 Å². The molecule has 14 heavy (non-hydrogen) atoms. The number of benzene rings is 1. The third-order valence-corrected chi connectivity index (χ3v) is 2.60. The van der Waals surface area contributed by atoms with Crippen LogP contribution in [0.2, 0.25) is 0 Å². The van der Waals surface area contributed by atoms with Crippen LogP contribution in [-0.2, 0) is 0 Å². The van der Waals surface area contributed by atoms with Crippen LogP contribution in [0.25, 0.3) is 5.70 Å². The first-order chi connectivity index (χ1) is 6.79. The lowest BCUT2D eigenvalue weighted by Crippen LogP contribution is -2.14. The van der Waals surface area contributed by atoms with Crippen LogP contribution in [0.1, 0.15) is 12.5 Å². The van der Waals surface area contributed by atoms with Gasteiger partial charge < -0.3 is 0 Å². The molecule has 0 radical (unpaired) electrons. The van der Waals surface area contributed by atoms with Crippen molar-refractivity contribution in [3.05, 3.63) is 53.6 Å². The van der Waals surface area contributed by atoms with Gasteiger partial charge in [-0.15, -0.1) is 0 Å². The van der Waals surface area contributed by atoms with Crippen LogP contribution in [0, 0.1) is 0 Å². The predicted molar refractivity (Wildman–Crippen MR) is 60.7 cm³/mol. The predicted octanol–water partition coefficient (Wildman–Crippen LogP) is 3.44. The van der Waals surface area contributed by atoms with Gasteiger partial charge >= 0.3 is 0 Å². The maximum atomic E-state index is 6.14. The maximum absolute atomic E-state index is 6.14. The molecule has 2 heteroatoms. The fourth-order valence-corrected chi connectivity index (χ4v) is 1.96. The van der Waals surface area contributed by atoms with Gasteiger partial charge in [-0.1, -0.05) is 42.5 Å². The lowest BCUT2D eigenvalue weighted by atomic mass is 10.0. The van der Waals surface area contributed by atoms with Crippen LogP contribution in [0.15, 0.2) is 48.1 Å². The van der Waals surface area contributed by atoms with Crippen molar-refractivity contribution in [1.29, 1.82) is 0 Å². The minimum Gasteiger partial charge on any atom is -0.281 e. The molecule has 0 N–H and O–H groups in total. The molecule has 1 nitrogen and oxygen atoms in total. The maximum Gasteiger partial charge on any atom is 0.0628 e. The van der Waals surface area contributed by atoms with Crippen molar-refractivity contribution in [3.8, 4) is 0 Å². The van der Waals surface area contributed by atoms with Gasteiger partial charge in [0, 0.05) is 11.8 Å². The molecule has 0 amide bonds. The van der Waals surface area contributed by atoms with Crippen molar-refractivity contribution in [2.45, 2.75) is 6.92 Å². The fraction of sp³-hybridized carbons (Fsp3) is 0.167. The van der Waals surface area contributed by atoms with Crippen LogP contribution >= 0.6 is 11.8 Å². The molecule has 1 aromatic rings. The summed E-state index contributed by atoms with van der Waals surface area (Å²) in [5.41, 5.74) is 3.48. The summed E-state index contributed by atoms with van der Waals surface area (Å²) in [6.07, 6.45) is 4.18. The second-order valence-electron chi connectivity index (χ2n) is 3.34. The minimum atomic E-state index is 0.767. The molecule has 72 valence electrons. The molecule has 0 unspecified atom stereocenters. The first-order valence-electron chi connectivity index (χ1n) is 4.65. The molecule has 0 spiro atoms. The van der Waals surface area contributed by atoms with E-state index in [0.29, 0.717) is 0 Å². The molecule has 1 aliphatic rings. The third-order valence-electron chi connectivity index (χ3n) is 2.30. The van der Waals surface area contributed by atoms with Crippen LogP contribution < -0.4 is 0 Å². The van der Waals surface area contributed by atoms with Crippen molar-refractivity contribution in [2.75, 3.05) is 6.54 Å². The summed E-state index contributed by atoms with van der Waals surface area (Å²) in [5, 5.41) is 0. The molecule has 0 saturated heterocycles. The van der Waals surface area contributed by atoms with E-state index in [1.54, 1.807) is 4.42 Å². The van der Waals surface area contributed by atoms with E-state index in [-0.39, 0.29) is 0 Å². The topological polar surface area (TPSA) is 3.24 Å². The number of hydrogen-bond acceptors (Lipinski definition) is 1. The van der Waals surface area contributed by atoms with Crippen LogP contribution in [0.4, 0.5) is 0 Å². The van der Waals surface area contributed by atoms with Gasteiger partial charge in [-0.2, -0.15) is 0 Å². The molecule has 0 aliphatic carbocycles. The molecule has 0 atom stereocenters. The number of hydrogen-bond donors (Lipinski definition) is 0. The van der Waals surface area contributed by atoms with Gasteiger partial charge in [0.2, 0.25) is 0 Å². The molecule has 2 rings (SSSR count). The van der Waals surface area contributed by atoms with E-state index in [2.05, 4.69) is 31.2 Å². The summed E-state index contributed by atoms with van der Waals surface area (Å²) in [6, 6.07) is 10.2. The molecular formula is C12H12ClN. The van der Waals surface area contributed by atoms with Gasteiger partial charge in [0.15, 0.2) is 0 Å². The van der Waals surface area contributed by atoms with E-state index in [0.717, 1.165) is 12.2 Å². The van der Waals surface area contributed by atoms with Crippen LogP contribution in [0.5, 0.6) is 0 Å². The fourth-order valence-electron chi connectivity index (χ4n) is 1.65. The molecule has 0 bridgehead atoms. The van der Waals surface area contributed by atoms with Crippen molar-refractivity contribution in [3.63, 3.8) is 0 Å². The highest BCUT2D eigenvalue weighted by atomic mass is 35.5. The van der Waals surface area contributed by atoms with Gasteiger partial charge in [0.1, 0.15) is 0 Å². The summed E-state index contributed by atoms with van der Waals surface area (Å²) in [5.74, 6) is 0. The highest BCUT2D eigenvalue weighted by Crippen LogP contribution is 2.27. The van der Waals surface area contributed by atoms with Crippen molar-refractivity contribution in [1.82, 2.24) is 4.42 Å². The lowest BCUT2D eigenvalue weighted by Gasteiger charge is -2.23. The molecule has 1 heterocycles. The Morgan fingerprint density at radius 2 is 1.93 bits per heavy atom. The Balaban J connectivity index is 2.46. The second-order valence-corrected chi connectivity index (χ2v) is 3.75. The van der Waals surface area contributed by atoms with Crippen LogP contribution in [-0.4, -0.2) is 11.0 Å². The Morgan fingerprint density at radius 3 is 2.57 bits per heavy atom. The Hall–Kier alpha value is -1.21. The van der Waals surface area contributed by atoms with E-state index in [9.17, 15) is 0 Å². The largest absolute Gasteiger partial charge is 0.281 e. The van der Waals surface area contributed by atoms with Gasteiger partial charge in [-0.3, -0.25) is 4.42 Å². The standard InChI is InChI=1S/C12H12ClN/c1-10-6-5-9-14(13)12(10)11-7-3-2-4-8-11/h2-8H,9H2,1H3. The van der Waals surface area contributed by atoms with Gasteiger partial charge in [-0.05, 0) is 18.1 Å². The smallest absolute Gasteiger partial charge is 0.0628 e. The van der Waals surface area contributed by atoms with E-state index in [4.69, 9.17) is 11.8 Å². The zero-order valence-electron chi connectivity index (χ0n) is 8.07. The van der Waals surface area contributed by atoms with Gasteiger partial charge in [0.25, 0.3) is 0 Å². The number of nitrogens with zero attached hydrogens (tertiary/aromatic N) is 1. The lowest BCUT2D eigenvalue weighted by molar-refractivity contribution is 0.692. The molecule has 0 fully saturated rings. The zero-order chi connectivity index (χ0) is 9.97. The molecular weight excluding hydrogens is 194 g/mol. The monoisotopic (exact) mass is 205 g/mol.